The molecule has 3 rings (SSSR count). The molecule has 1 saturated heterocycles. The summed E-state index contributed by atoms with van der Waals surface area (Å²) >= 11 is 0. The maximum absolute atomic E-state index is 11.7. The van der Waals surface area contributed by atoms with Crippen LogP contribution in [0.15, 0.2) is 30.5 Å². The van der Waals surface area contributed by atoms with Gasteiger partial charge in [-0.3, -0.25) is 4.79 Å². The van der Waals surface area contributed by atoms with Crippen LogP contribution in [0.4, 0.5) is 5.82 Å². The lowest BCUT2D eigenvalue weighted by molar-refractivity contribution is -0.149. The second-order valence-electron chi connectivity index (χ2n) is 5.72. The van der Waals surface area contributed by atoms with Gasteiger partial charge >= 0.3 is 5.97 Å². The Kier molecular flexibility index (Phi) is 3.49. The summed E-state index contributed by atoms with van der Waals surface area (Å²) in [7, 11) is 0. The Bertz CT molecular complexity index is 668. The number of aliphatic carboxylic acids is 1. The highest BCUT2D eigenvalue weighted by Gasteiger charge is 2.41. The summed E-state index contributed by atoms with van der Waals surface area (Å²) in [6, 6.07) is 7.96. The summed E-state index contributed by atoms with van der Waals surface area (Å²) in [5.41, 5.74) is -0.670. The standard InChI is InChI=1S/C16H19N3O2/c1-2-16(15(20)21)8-5-9-19(11-16)14-13-7-4-3-6-12(13)10-17-18-14/h3-4,6-7,10H,2,5,8-9,11H2,1H3,(H,20,21). The SMILES string of the molecule is CCC1(C(=O)O)CCCN(c2nncc3ccccc23)C1. The maximum Gasteiger partial charge on any atom is 0.311 e. The molecule has 1 aromatic carbocycles. The predicted molar refractivity (Wildman–Crippen MR) is 81.3 cm³/mol. The van der Waals surface area contributed by atoms with Gasteiger partial charge in [-0.15, -0.1) is 5.10 Å². The number of hydrogen-bond acceptors (Lipinski definition) is 4. The van der Waals surface area contributed by atoms with Gasteiger partial charge in [0.15, 0.2) is 5.82 Å². The lowest BCUT2D eigenvalue weighted by Gasteiger charge is -2.40. The Morgan fingerprint density at radius 1 is 1.43 bits per heavy atom. The molecule has 2 heterocycles. The van der Waals surface area contributed by atoms with Gasteiger partial charge in [0, 0.05) is 23.9 Å². The minimum atomic E-state index is -0.706. The fraction of sp³-hybridized carbons (Fsp3) is 0.438. The molecule has 0 bridgehead atoms. The molecule has 1 fully saturated rings. The van der Waals surface area contributed by atoms with Crippen LogP contribution >= 0.6 is 0 Å². The molecule has 1 N–H and O–H groups in total. The Balaban J connectivity index is 2.01. The van der Waals surface area contributed by atoms with Crippen molar-refractivity contribution in [1.29, 1.82) is 0 Å². The molecule has 0 radical (unpaired) electrons. The summed E-state index contributed by atoms with van der Waals surface area (Å²) in [6.07, 6.45) is 3.97. The molecule has 1 aliphatic heterocycles. The normalized spacial score (nSPS) is 22.4. The zero-order valence-electron chi connectivity index (χ0n) is 12.1. The highest BCUT2D eigenvalue weighted by molar-refractivity contribution is 5.91. The second kappa shape index (κ2) is 5.31. The van der Waals surface area contributed by atoms with Crippen molar-refractivity contribution in [3.05, 3.63) is 30.5 Å². The number of aromatic nitrogens is 2. The highest BCUT2D eigenvalue weighted by Crippen LogP contribution is 2.36. The van der Waals surface area contributed by atoms with Crippen molar-refractivity contribution < 1.29 is 9.90 Å². The monoisotopic (exact) mass is 285 g/mol. The highest BCUT2D eigenvalue weighted by atomic mass is 16.4. The predicted octanol–water partition coefficient (Wildman–Crippen LogP) is 2.71. The number of carboxylic acid groups (broad SMARTS) is 1. The Hall–Kier alpha value is -2.17. The van der Waals surface area contributed by atoms with Crippen LogP contribution in [0.2, 0.25) is 0 Å². The van der Waals surface area contributed by atoms with Crippen LogP contribution < -0.4 is 4.90 Å². The quantitative estimate of drug-likeness (QED) is 0.939. The first kappa shape index (κ1) is 13.8. The molecule has 1 atom stereocenters. The third-order valence-corrected chi connectivity index (χ3v) is 4.56. The average Bonchev–Trinajstić information content (AvgIpc) is 2.54. The Labute approximate surface area is 123 Å². The van der Waals surface area contributed by atoms with Gasteiger partial charge in [-0.2, -0.15) is 5.10 Å². The van der Waals surface area contributed by atoms with E-state index in [1.165, 1.54) is 0 Å². The Morgan fingerprint density at radius 2 is 2.24 bits per heavy atom. The van der Waals surface area contributed by atoms with E-state index in [-0.39, 0.29) is 0 Å². The van der Waals surface area contributed by atoms with Crippen molar-refractivity contribution in [1.82, 2.24) is 10.2 Å². The first-order valence-corrected chi connectivity index (χ1v) is 7.35. The van der Waals surface area contributed by atoms with Crippen LogP contribution in [0.3, 0.4) is 0 Å². The van der Waals surface area contributed by atoms with Crippen molar-refractivity contribution >= 4 is 22.6 Å². The number of carbonyl (C=O) groups is 1. The summed E-state index contributed by atoms with van der Waals surface area (Å²) in [5, 5.41) is 20.0. The number of piperidine rings is 1. The maximum atomic E-state index is 11.7. The molecule has 110 valence electrons. The first-order valence-electron chi connectivity index (χ1n) is 7.35. The number of carboxylic acids is 1. The summed E-state index contributed by atoms with van der Waals surface area (Å²) in [5.74, 6) is 0.0924. The van der Waals surface area contributed by atoms with E-state index < -0.39 is 11.4 Å². The van der Waals surface area contributed by atoms with Gasteiger partial charge in [0.2, 0.25) is 0 Å². The van der Waals surface area contributed by atoms with Crippen molar-refractivity contribution in [3.63, 3.8) is 0 Å². The molecule has 0 spiro atoms. The summed E-state index contributed by atoms with van der Waals surface area (Å²) in [4.78, 5) is 13.8. The van der Waals surface area contributed by atoms with E-state index in [2.05, 4.69) is 15.1 Å². The van der Waals surface area contributed by atoms with Crippen molar-refractivity contribution in [2.75, 3.05) is 18.0 Å². The smallest absolute Gasteiger partial charge is 0.311 e. The van der Waals surface area contributed by atoms with E-state index in [1.54, 1.807) is 6.20 Å². The van der Waals surface area contributed by atoms with Gasteiger partial charge in [-0.1, -0.05) is 31.2 Å². The van der Waals surface area contributed by atoms with Crippen LogP contribution in [0.25, 0.3) is 10.8 Å². The van der Waals surface area contributed by atoms with E-state index >= 15 is 0 Å². The van der Waals surface area contributed by atoms with Crippen molar-refractivity contribution in [2.24, 2.45) is 5.41 Å². The molecule has 5 heteroatoms. The Morgan fingerprint density at radius 3 is 3.00 bits per heavy atom. The van der Waals surface area contributed by atoms with Gasteiger partial charge in [-0.05, 0) is 19.3 Å². The molecule has 0 amide bonds. The molecule has 5 nitrogen and oxygen atoms in total. The van der Waals surface area contributed by atoms with Crippen molar-refractivity contribution in [3.8, 4) is 0 Å². The molecule has 1 aliphatic rings. The number of fused-ring (bicyclic) bond motifs is 1. The minimum absolute atomic E-state index is 0.502. The number of anilines is 1. The van der Waals surface area contributed by atoms with E-state index in [4.69, 9.17) is 0 Å². The fourth-order valence-corrected chi connectivity index (χ4v) is 3.17. The van der Waals surface area contributed by atoms with Gasteiger partial charge in [-0.25, -0.2) is 0 Å². The van der Waals surface area contributed by atoms with Gasteiger partial charge in [0.05, 0.1) is 11.6 Å². The third kappa shape index (κ3) is 2.33. The molecule has 2 aromatic rings. The fourth-order valence-electron chi connectivity index (χ4n) is 3.17. The molecule has 0 saturated carbocycles. The second-order valence-corrected chi connectivity index (χ2v) is 5.72. The zero-order valence-corrected chi connectivity index (χ0v) is 12.1. The average molecular weight is 285 g/mol. The van der Waals surface area contributed by atoms with Crippen LogP contribution in [0, 0.1) is 5.41 Å². The van der Waals surface area contributed by atoms with Gasteiger partial charge < -0.3 is 10.0 Å². The lowest BCUT2D eigenvalue weighted by Crippen LogP contribution is -2.48. The number of hydrogen-bond donors (Lipinski definition) is 1. The van der Waals surface area contributed by atoms with E-state index in [0.29, 0.717) is 13.0 Å². The zero-order chi connectivity index (χ0) is 14.9. The van der Waals surface area contributed by atoms with Crippen LogP contribution in [0.5, 0.6) is 0 Å². The van der Waals surface area contributed by atoms with E-state index in [9.17, 15) is 9.90 Å². The molecular weight excluding hydrogens is 266 g/mol. The van der Waals surface area contributed by atoms with Crippen LogP contribution in [-0.4, -0.2) is 34.4 Å². The topological polar surface area (TPSA) is 66.3 Å². The summed E-state index contributed by atoms with van der Waals surface area (Å²) < 4.78 is 0. The molecule has 1 aromatic heterocycles. The van der Waals surface area contributed by atoms with Crippen LogP contribution in [0.1, 0.15) is 26.2 Å². The minimum Gasteiger partial charge on any atom is -0.481 e. The van der Waals surface area contributed by atoms with Crippen LogP contribution in [-0.2, 0) is 4.79 Å². The number of nitrogens with zero attached hydrogens (tertiary/aromatic N) is 3. The molecule has 0 aliphatic carbocycles. The number of rotatable bonds is 3. The van der Waals surface area contributed by atoms with Gasteiger partial charge in [0.25, 0.3) is 0 Å². The first-order chi connectivity index (χ1) is 10.2. The molecular formula is C16H19N3O2. The van der Waals surface area contributed by atoms with Gasteiger partial charge in [0.1, 0.15) is 0 Å². The summed E-state index contributed by atoms with van der Waals surface area (Å²) in [6.45, 7) is 3.28. The van der Waals surface area contributed by atoms with E-state index in [1.807, 2.05) is 31.2 Å². The largest absolute Gasteiger partial charge is 0.481 e. The van der Waals surface area contributed by atoms with E-state index in [0.717, 1.165) is 36.0 Å². The third-order valence-electron chi connectivity index (χ3n) is 4.56. The lowest BCUT2D eigenvalue weighted by atomic mass is 9.77. The molecule has 21 heavy (non-hydrogen) atoms. The van der Waals surface area contributed by atoms with Crippen molar-refractivity contribution in [2.45, 2.75) is 26.2 Å². The number of benzene rings is 1. The molecule has 1 unspecified atom stereocenters.